The summed E-state index contributed by atoms with van der Waals surface area (Å²) in [5.41, 5.74) is 8.77. The third kappa shape index (κ3) is 6.60. The zero-order valence-electron chi connectivity index (χ0n) is 29.4. The maximum Gasteiger partial charge on any atom is 0.179 e. The molecule has 3 aliphatic heterocycles. The van der Waals surface area contributed by atoms with Gasteiger partial charge in [-0.2, -0.15) is 0 Å². The number of hydrogen-bond acceptors (Lipinski definition) is 4. The van der Waals surface area contributed by atoms with Crippen LogP contribution in [0.1, 0.15) is 53.0 Å². The number of methoxy groups -OCH3 is 1. The summed E-state index contributed by atoms with van der Waals surface area (Å²) in [6, 6.07) is 31.9. The predicted molar refractivity (Wildman–Crippen MR) is 208 cm³/mol. The topological polar surface area (TPSA) is 48.6 Å². The second kappa shape index (κ2) is 14.2. The first kappa shape index (κ1) is 34.0. The summed E-state index contributed by atoms with van der Waals surface area (Å²) >= 11 is 12.1. The summed E-state index contributed by atoms with van der Waals surface area (Å²) in [5.74, 6) is 1.71. The van der Waals surface area contributed by atoms with E-state index in [0.717, 1.165) is 69.5 Å². The second-order valence-electron chi connectivity index (χ2n) is 14.3. The minimum Gasteiger partial charge on any atom is -0.497 e. The molecular weight excluding hydrogens is 677 g/mol. The molecule has 4 aromatic carbocycles. The van der Waals surface area contributed by atoms with Crippen molar-refractivity contribution >= 4 is 50.8 Å². The van der Waals surface area contributed by atoms with Gasteiger partial charge in [0.1, 0.15) is 5.75 Å². The summed E-state index contributed by atoms with van der Waals surface area (Å²) < 4.78 is 15.1. The van der Waals surface area contributed by atoms with E-state index in [-0.39, 0.29) is 5.78 Å². The van der Waals surface area contributed by atoms with Crippen LogP contribution in [0.2, 0.25) is 10.0 Å². The number of Topliss-reactive ketones (excluding diaryl/α,β-unsaturated/α-hetero) is 1. The van der Waals surface area contributed by atoms with Crippen molar-refractivity contribution < 1.29 is 14.3 Å². The van der Waals surface area contributed by atoms with E-state index in [9.17, 15) is 4.79 Å². The van der Waals surface area contributed by atoms with Gasteiger partial charge in [-0.1, -0.05) is 35.3 Å². The van der Waals surface area contributed by atoms with E-state index >= 15 is 0 Å². The molecule has 5 heterocycles. The van der Waals surface area contributed by atoms with Gasteiger partial charge in [-0.25, -0.2) is 0 Å². The molecule has 2 aromatic heterocycles. The van der Waals surface area contributed by atoms with Crippen molar-refractivity contribution in [1.82, 2.24) is 14.0 Å². The Labute approximate surface area is 309 Å². The number of carbonyl (C=O) groups is 1. The van der Waals surface area contributed by atoms with Crippen LogP contribution in [0.25, 0.3) is 33.2 Å². The lowest BCUT2D eigenvalue weighted by molar-refractivity contribution is -0.0312. The van der Waals surface area contributed by atoms with E-state index in [4.69, 9.17) is 32.7 Å². The summed E-state index contributed by atoms with van der Waals surface area (Å²) in [7, 11) is 1.68. The molecule has 0 saturated carbocycles. The van der Waals surface area contributed by atoms with Gasteiger partial charge in [0.15, 0.2) is 5.78 Å². The quantitative estimate of drug-likeness (QED) is 0.147. The highest BCUT2D eigenvalue weighted by molar-refractivity contribution is 6.30. The number of halogens is 2. The average molecular weight is 721 g/mol. The first-order valence-electron chi connectivity index (χ1n) is 18.0. The molecule has 0 radical (unpaired) electrons. The lowest BCUT2D eigenvalue weighted by Gasteiger charge is -2.25. The summed E-state index contributed by atoms with van der Waals surface area (Å²) in [4.78, 5) is 16.1. The van der Waals surface area contributed by atoms with E-state index in [1.807, 2.05) is 54.6 Å². The third-order valence-electron chi connectivity index (χ3n) is 11.1. The zero-order valence-corrected chi connectivity index (χ0v) is 30.9. The van der Waals surface area contributed by atoms with Crippen LogP contribution in [0, 0.1) is 19.8 Å². The average Bonchev–Trinajstić information content (AvgIpc) is 3.86. The van der Waals surface area contributed by atoms with Gasteiger partial charge in [-0.05, 0) is 124 Å². The Hall–Kier alpha value is -4.07. The standard InChI is InChI=1S/C27H29ClN2O2.C16H14ClNO/c1-17-27(26(31)14-29-21-7-8-22(29)10-9-21)24-11-2-18(12-19-15-32-16-19)13-25(24)30(17)23-5-3-20(28)4-6-23;1-11-9-12-3-8-15(19-2)10-16(12)18(11)14-6-4-13(17)5-7-14/h2-6,11,13,19,21-22H,7-10,12,14-16H2,1H3;3-10H,1-2H3. The fourth-order valence-corrected chi connectivity index (χ4v) is 8.75. The molecular formula is C43H43Cl2N3O3. The summed E-state index contributed by atoms with van der Waals surface area (Å²) in [6.07, 6.45) is 6.01. The van der Waals surface area contributed by atoms with Gasteiger partial charge in [-0.15, -0.1) is 0 Å². The van der Waals surface area contributed by atoms with Crippen LogP contribution in [0.5, 0.6) is 5.75 Å². The Morgan fingerprint density at radius 3 is 1.98 bits per heavy atom. The van der Waals surface area contributed by atoms with Gasteiger partial charge >= 0.3 is 0 Å². The third-order valence-corrected chi connectivity index (χ3v) is 11.6. The Morgan fingerprint density at radius 2 is 1.39 bits per heavy atom. The molecule has 3 fully saturated rings. The Kier molecular flexibility index (Phi) is 9.45. The zero-order chi connectivity index (χ0) is 35.2. The lowest BCUT2D eigenvalue weighted by Crippen LogP contribution is -2.34. The van der Waals surface area contributed by atoms with Crippen LogP contribution in [0.4, 0.5) is 0 Å². The van der Waals surface area contributed by atoms with Crippen molar-refractivity contribution in [2.24, 2.45) is 5.92 Å². The normalized spacial score (nSPS) is 18.6. The van der Waals surface area contributed by atoms with E-state index in [1.54, 1.807) is 7.11 Å². The molecule has 262 valence electrons. The molecule has 0 aliphatic carbocycles. The number of fused-ring (bicyclic) bond motifs is 4. The van der Waals surface area contributed by atoms with Crippen LogP contribution < -0.4 is 4.74 Å². The molecule has 3 saturated heterocycles. The van der Waals surface area contributed by atoms with E-state index in [0.29, 0.717) is 29.6 Å². The number of hydrogen-bond donors (Lipinski definition) is 0. The van der Waals surface area contributed by atoms with Crippen LogP contribution in [-0.2, 0) is 11.2 Å². The molecule has 8 heteroatoms. The minimum absolute atomic E-state index is 0.249. The molecule has 0 amide bonds. The highest BCUT2D eigenvalue weighted by atomic mass is 35.5. The van der Waals surface area contributed by atoms with Crippen molar-refractivity contribution in [3.05, 3.63) is 124 Å². The first-order valence-corrected chi connectivity index (χ1v) is 18.7. The fraction of sp³-hybridized carbons (Fsp3) is 0.326. The highest BCUT2D eigenvalue weighted by Gasteiger charge is 2.40. The smallest absolute Gasteiger partial charge is 0.179 e. The SMILES string of the molecule is COc1ccc2cc(C)n(-c3ccc(Cl)cc3)c2c1.Cc1c(C(=O)CN2C3CCC2CC3)c2ccc(CC3COC3)cc2n1-c1ccc(Cl)cc1. The van der Waals surface area contributed by atoms with E-state index in [1.165, 1.54) is 42.3 Å². The lowest BCUT2D eigenvalue weighted by atomic mass is 9.96. The number of ether oxygens (including phenoxy) is 2. The maximum atomic E-state index is 13.7. The predicted octanol–water partition coefficient (Wildman–Crippen LogP) is 10.2. The number of nitrogens with zero attached hydrogens (tertiary/aromatic N) is 3. The first-order chi connectivity index (χ1) is 24.8. The summed E-state index contributed by atoms with van der Waals surface area (Å²) in [6.45, 7) is 6.41. The fourth-order valence-electron chi connectivity index (χ4n) is 8.50. The van der Waals surface area contributed by atoms with Crippen LogP contribution in [0.15, 0.2) is 91.0 Å². The molecule has 3 aliphatic rings. The molecule has 2 bridgehead atoms. The van der Waals surface area contributed by atoms with Crippen LogP contribution in [0.3, 0.4) is 0 Å². The number of aromatic nitrogens is 2. The highest BCUT2D eigenvalue weighted by Crippen LogP contribution is 2.38. The molecule has 0 atom stereocenters. The van der Waals surface area contributed by atoms with E-state index in [2.05, 4.69) is 64.3 Å². The van der Waals surface area contributed by atoms with Crippen molar-refractivity contribution in [1.29, 1.82) is 0 Å². The second-order valence-corrected chi connectivity index (χ2v) is 15.2. The number of ketones is 1. The van der Waals surface area contributed by atoms with Crippen molar-refractivity contribution in [2.75, 3.05) is 26.9 Å². The van der Waals surface area contributed by atoms with Crippen LogP contribution in [-0.4, -0.2) is 58.8 Å². The van der Waals surface area contributed by atoms with Gasteiger partial charge in [0.05, 0.1) is 37.9 Å². The van der Waals surface area contributed by atoms with Crippen molar-refractivity contribution in [3.63, 3.8) is 0 Å². The number of aryl methyl sites for hydroxylation is 1. The van der Waals surface area contributed by atoms with Crippen molar-refractivity contribution in [2.45, 2.75) is 58.0 Å². The Balaban J connectivity index is 0.000000168. The number of benzene rings is 4. The number of rotatable bonds is 8. The molecule has 6 aromatic rings. The maximum absolute atomic E-state index is 13.7. The van der Waals surface area contributed by atoms with Gasteiger partial charge in [0, 0.05) is 73.2 Å². The molecule has 0 N–H and O–H groups in total. The van der Waals surface area contributed by atoms with Gasteiger partial charge in [0.25, 0.3) is 0 Å². The monoisotopic (exact) mass is 719 g/mol. The molecule has 6 nitrogen and oxygen atoms in total. The number of carbonyl (C=O) groups excluding carboxylic acids is 1. The Bertz CT molecular complexity index is 2200. The van der Waals surface area contributed by atoms with Crippen LogP contribution >= 0.6 is 23.2 Å². The van der Waals surface area contributed by atoms with Gasteiger partial charge < -0.3 is 18.6 Å². The van der Waals surface area contributed by atoms with E-state index < -0.39 is 0 Å². The van der Waals surface area contributed by atoms with Crippen molar-refractivity contribution in [3.8, 4) is 17.1 Å². The Morgan fingerprint density at radius 1 is 0.765 bits per heavy atom. The minimum atomic E-state index is 0.249. The molecule has 51 heavy (non-hydrogen) atoms. The summed E-state index contributed by atoms with van der Waals surface area (Å²) in [5, 5.41) is 3.72. The van der Waals surface area contributed by atoms with Gasteiger partial charge in [0.2, 0.25) is 0 Å². The largest absolute Gasteiger partial charge is 0.497 e. The van der Waals surface area contributed by atoms with Gasteiger partial charge in [-0.3, -0.25) is 9.69 Å². The molecule has 0 unspecified atom stereocenters. The molecule has 0 spiro atoms. The molecule has 9 rings (SSSR count).